The zero-order valence-electron chi connectivity index (χ0n) is 7.98. The lowest BCUT2D eigenvalue weighted by molar-refractivity contribution is 0.860. The molecular formula is C11H9ClN2S. The zero-order valence-corrected chi connectivity index (χ0v) is 9.55. The first kappa shape index (κ1) is 9.31. The number of para-hydroxylation sites is 1. The Hall–Kier alpha value is -0.930. The van der Waals surface area contributed by atoms with Crippen LogP contribution in [-0.2, 0) is 11.5 Å². The molecule has 0 amide bonds. The molecule has 1 aromatic heterocycles. The van der Waals surface area contributed by atoms with Crippen LogP contribution in [0.4, 0.5) is 0 Å². The van der Waals surface area contributed by atoms with Crippen molar-refractivity contribution in [2.24, 2.45) is 0 Å². The van der Waals surface area contributed by atoms with Gasteiger partial charge in [-0.05, 0) is 12.1 Å². The minimum atomic E-state index is 0.765. The zero-order chi connectivity index (χ0) is 10.3. The number of nitrogens with zero attached hydrogens (tertiary/aromatic N) is 2. The minimum Gasteiger partial charge on any atom is -0.222 e. The summed E-state index contributed by atoms with van der Waals surface area (Å²) in [4.78, 5) is 0. The molecule has 4 heteroatoms. The highest BCUT2D eigenvalue weighted by atomic mass is 35.5. The van der Waals surface area contributed by atoms with E-state index in [9.17, 15) is 0 Å². The van der Waals surface area contributed by atoms with Crippen molar-refractivity contribution in [3.63, 3.8) is 0 Å². The molecule has 0 saturated heterocycles. The molecule has 0 atom stereocenters. The number of aromatic nitrogens is 2. The Bertz CT molecular complexity index is 493. The summed E-state index contributed by atoms with van der Waals surface area (Å²) in [5, 5.41) is 5.29. The second-order valence-electron chi connectivity index (χ2n) is 3.46. The van der Waals surface area contributed by atoms with Crippen LogP contribution in [-0.4, -0.2) is 9.78 Å². The average molecular weight is 237 g/mol. The quantitative estimate of drug-likeness (QED) is 0.756. The molecule has 0 bridgehead atoms. The predicted octanol–water partition coefficient (Wildman–Crippen LogP) is 3.27. The molecule has 15 heavy (non-hydrogen) atoms. The van der Waals surface area contributed by atoms with Crippen molar-refractivity contribution in [1.29, 1.82) is 0 Å². The number of rotatable bonds is 1. The molecule has 3 rings (SSSR count). The van der Waals surface area contributed by atoms with E-state index in [1.165, 1.54) is 5.56 Å². The Kier molecular flexibility index (Phi) is 2.22. The molecule has 0 saturated carbocycles. The summed E-state index contributed by atoms with van der Waals surface area (Å²) in [6.07, 6.45) is 0. The van der Waals surface area contributed by atoms with Gasteiger partial charge in [0.05, 0.1) is 11.4 Å². The maximum atomic E-state index is 6.29. The largest absolute Gasteiger partial charge is 0.222 e. The molecular weight excluding hydrogens is 228 g/mol. The Morgan fingerprint density at radius 3 is 2.73 bits per heavy atom. The van der Waals surface area contributed by atoms with Gasteiger partial charge in [0.2, 0.25) is 0 Å². The van der Waals surface area contributed by atoms with Crippen LogP contribution in [0.2, 0.25) is 5.15 Å². The lowest BCUT2D eigenvalue weighted by atomic mass is 10.3. The number of halogens is 1. The molecule has 0 unspecified atom stereocenters. The highest BCUT2D eigenvalue weighted by Gasteiger charge is 2.21. The Labute approximate surface area is 97.2 Å². The Balaban J connectivity index is 2.14. The van der Waals surface area contributed by atoms with Gasteiger partial charge in [0, 0.05) is 17.1 Å². The average Bonchev–Trinajstić information content (AvgIpc) is 2.83. The Morgan fingerprint density at radius 2 is 2.00 bits per heavy atom. The fourth-order valence-corrected chi connectivity index (χ4v) is 3.15. The van der Waals surface area contributed by atoms with Crippen LogP contribution in [0.3, 0.4) is 0 Å². The van der Waals surface area contributed by atoms with Crippen LogP contribution in [0, 0.1) is 0 Å². The second-order valence-corrected chi connectivity index (χ2v) is 4.80. The first-order chi connectivity index (χ1) is 7.36. The third kappa shape index (κ3) is 1.46. The first-order valence-corrected chi connectivity index (χ1v) is 6.29. The summed E-state index contributed by atoms with van der Waals surface area (Å²) >= 11 is 8.16. The standard InChI is InChI=1S/C11H9ClN2S/c12-11-9-6-15-7-10(9)13-14(11)8-4-2-1-3-5-8/h1-5H,6-7H2. The molecule has 1 aliphatic heterocycles. The normalized spacial score (nSPS) is 14.2. The lowest BCUT2D eigenvalue weighted by Crippen LogP contribution is -1.97. The van der Waals surface area contributed by atoms with E-state index in [1.54, 1.807) is 0 Å². The molecule has 0 spiro atoms. The summed E-state index contributed by atoms with van der Waals surface area (Å²) in [5.41, 5.74) is 3.36. The molecule has 2 heterocycles. The summed E-state index contributed by atoms with van der Waals surface area (Å²) in [6.45, 7) is 0. The fraction of sp³-hybridized carbons (Fsp3) is 0.182. The van der Waals surface area contributed by atoms with Gasteiger partial charge in [0.15, 0.2) is 0 Å². The van der Waals surface area contributed by atoms with E-state index in [4.69, 9.17) is 11.6 Å². The number of hydrogen-bond acceptors (Lipinski definition) is 2. The summed E-state index contributed by atoms with van der Waals surface area (Å²) in [6, 6.07) is 10.0. The molecule has 1 aliphatic rings. The van der Waals surface area contributed by atoms with Crippen LogP contribution in [0.1, 0.15) is 11.3 Å². The monoisotopic (exact) mass is 236 g/mol. The summed E-state index contributed by atoms with van der Waals surface area (Å²) in [5.74, 6) is 1.97. The third-order valence-electron chi connectivity index (χ3n) is 2.49. The van der Waals surface area contributed by atoms with Gasteiger partial charge in [-0.1, -0.05) is 29.8 Å². The molecule has 0 N–H and O–H groups in total. The first-order valence-electron chi connectivity index (χ1n) is 4.75. The van der Waals surface area contributed by atoms with Crippen molar-refractivity contribution >= 4 is 23.4 Å². The fourth-order valence-electron chi connectivity index (χ4n) is 1.72. The van der Waals surface area contributed by atoms with Crippen LogP contribution in [0.15, 0.2) is 30.3 Å². The number of benzene rings is 1. The highest BCUT2D eigenvalue weighted by molar-refractivity contribution is 7.98. The van der Waals surface area contributed by atoms with E-state index in [0.717, 1.165) is 28.0 Å². The van der Waals surface area contributed by atoms with E-state index in [1.807, 2.05) is 46.8 Å². The van der Waals surface area contributed by atoms with Gasteiger partial charge in [-0.3, -0.25) is 0 Å². The molecule has 0 radical (unpaired) electrons. The Morgan fingerprint density at radius 1 is 1.20 bits per heavy atom. The topological polar surface area (TPSA) is 17.8 Å². The van der Waals surface area contributed by atoms with Crippen molar-refractivity contribution in [2.45, 2.75) is 11.5 Å². The molecule has 2 nitrogen and oxygen atoms in total. The van der Waals surface area contributed by atoms with Crippen molar-refractivity contribution in [1.82, 2.24) is 9.78 Å². The molecule has 2 aromatic rings. The second kappa shape index (κ2) is 3.58. The van der Waals surface area contributed by atoms with Gasteiger partial charge >= 0.3 is 0 Å². The van der Waals surface area contributed by atoms with Crippen molar-refractivity contribution in [2.75, 3.05) is 0 Å². The summed E-state index contributed by atoms with van der Waals surface area (Å²) < 4.78 is 1.83. The van der Waals surface area contributed by atoms with Gasteiger partial charge in [-0.15, -0.1) is 0 Å². The SMILES string of the molecule is Clc1c2c(nn1-c1ccccc1)CSC2. The third-order valence-corrected chi connectivity index (χ3v) is 3.85. The van der Waals surface area contributed by atoms with E-state index >= 15 is 0 Å². The number of thioether (sulfide) groups is 1. The van der Waals surface area contributed by atoms with E-state index < -0.39 is 0 Å². The van der Waals surface area contributed by atoms with Gasteiger partial charge in [-0.2, -0.15) is 16.9 Å². The van der Waals surface area contributed by atoms with E-state index in [0.29, 0.717) is 0 Å². The van der Waals surface area contributed by atoms with Gasteiger partial charge in [0.1, 0.15) is 5.15 Å². The minimum absolute atomic E-state index is 0.765. The van der Waals surface area contributed by atoms with Crippen molar-refractivity contribution in [3.05, 3.63) is 46.7 Å². The van der Waals surface area contributed by atoms with Crippen LogP contribution in [0.5, 0.6) is 0 Å². The van der Waals surface area contributed by atoms with Crippen LogP contribution < -0.4 is 0 Å². The van der Waals surface area contributed by atoms with Gasteiger partial charge < -0.3 is 0 Å². The van der Waals surface area contributed by atoms with Crippen LogP contribution >= 0.6 is 23.4 Å². The molecule has 76 valence electrons. The molecule has 1 aromatic carbocycles. The van der Waals surface area contributed by atoms with Crippen molar-refractivity contribution in [3.8, 4) is 5.69 Å². The molecule has 0 fully saturated rings. The van der Waals surface area contributed by atoms with Gasteiger partial charge in [-0.25, -0.2) is 4.68 Å². The highest BCUT2D eigenvalue weighted by Crippen LogP contribution is 2.35. The van der Waals surface area contributed by atoms with Crippen LogP contribution in [0.25, 0.3) is 5.69 Å². The predicted molar refractivity (Wildman–Crippen MR) is 63.6 cm³/mol. The van der Waals surface area contributed by atoms with Crippen molar-refractivity contribution < 1.29 is 0 Å². The maximum Gasteiger partial charge on any atom is 0.137 e. The molecule has 0 aliphatic carbocycles. The smallest absolute Gasteiger partial charge is 0.137 e. The number of fused-ring (bicyclic) bond motifs is 1. The number of hydrogen-bond donors (Lipinski definition) is 0. The summed E-state index contributed by atoms with van der Waals surface area (Å²) in [7, 11) is 0. The lowest BCUT2D eigenvalue weighted by Gasteiger charge is -2.02. The van der Waals surface area contributed by atoms with Gasteiger partial charge in [0.25, 0.3) is 0 Å². The maximum absolute atomic E-state index is 6.29. The van der Waals surface area contributed by atoms with E-state index in [2.05, 4.69) is 5.10 Å². The van der Waals surface area contributed by atoms with E-state index in [-0.39, 0.29) is 0 Å².